The zero-order valence-corrected chi connectivity index (χ0v) is 20.2. The van der Waals surface area contributed by atoms with Gasteiger partial charge in [0.1, 0.15) is 0 Å². The zero-order valence-electron chi connectivity index (χ0n) is 16.1. The summed E-state index contributed by atoms with van der Waals surface area (Å²) in [6.07, 6.45) is 7.46. The summed E-state index contributed by atoms with van der Waals surface area (Å²) in [5.41, 5.74) is 4.06. The third-order valence-electron chi connectivity index (χ3n) is 5.43. The molecule has 0 amide bonds. The van der Waals surface area contributed by atoms with Gasteiger partial charge in [0.2, 0.25) is 0 Å². The van der Waals surface area contributed by atoms with Gasteiger partial charge in [-0.15, -0.1) is 0 Å². The van der Waals surface area contributed by atoms with Crippen molar-refractivity contribution in [2.45, 2.75) is 37.5 Å². The molecule has 0 nitrogen and oxygen atoms in total. The van der Waals surface area contributed by atoms with Crippen LogP contribution in [0.2, 0.25) is 0 Å². The van der Waals surface area contributed by atoms with Crippen LogP contribution in [0, 0.1) is 0 Å². The summed E-state index contributed by atoms with van der Waals surface area (Å²) in [6, 6.07) is 33.1. The van der Waals surface area contributed by atoms with Crippen LogP contribution < -0.4 is 0 Å². The molecule has 0 unspecified atom stereocenters. The average Bonchev–Trinajstić information content (AvgIpc) is 2.75. The van der Waals surface area contributed by atoms with E-state index in [-0.39, 0.29) is 10.7 Å². The van der Waals surface area contributed by atoms with Gasteiger partial charge in [0.25, 0.3) is 0 Å². The smallest absolute Gasteiger partial charge is 0.0451 e. The fraction of sp³-hybridized carbons (Fsp3) is 0.280. The van der Waals surface area contributed by atoms with Crippen molar-refractivity contribution in [3.05, 3.63) is 108 Å². The summed E-state index contributed by atoms with van der Waals surface area (Å²) in [4.78, 5) is 0. The second kappa shape index (κ2) is 11.3. The fourth-order valence-electron chi connectivity index (χ4n) is 4.08. The molecule has 28 heavy (non-hydrogen) atoms. The van der Waals surface area contributed by atoms with Gasteiger partial charge in [0.05, 0.1) is 0 Å². The Balaban J connectivity index is 1.93. The van der Waals surface area contributed by atoms with Crippen molar-refractivity contribution >= 4 is 36.3 Å². The largest absolute Gasteiger partial charge is 0.0622 e. The summed E-state index contributed by atoms with van der Waals surface area (Å²) < 4.78 is 0. The maximum Gasteiger partial charge on any atom is 0.0451 e. The highest BCUT2D eigenvalue weighted by Crippen LogP contribution is 2.52. The summed E-state index contributed by atoms with van der Waals surface area (Å²) in [5, 5.41) is -0.127. The van der Waals surface area contributed by atoms with Gasteiger partial charge in [0, 0.05) is 10.7 Å². The highest BCUT2D eigenvalue weighted by Gasteiger charge is 2.35. The summed E-state index contributed by atoms with van der Waals surface area (Å²) >= 11 is 7.30. The van der Waals surface area contributed by atoms with Gasteiger partial charge in [0.15, 0.2) is 0 Å². The molecule has 0 fully saturated rings. The Morgan fingerprint density at radius 2 is 0.929 bits per heavy atom. The average molecular weight is 518 g/mol. The molecule has 0 heterocycles. The molecule has 3 aromatic carbocycles. The highest BCUT2D eigenvalue weighted by molar-refractivity contribution is 9.69. The van der Waals surface area contributed by atoms with Crippen LogP contribution in [0.3, 0.4) is 0 Å². The first kappa shape index (κ1) is 21.8. The first-order valence-corrected chi connectivity index (χ1v) is 15.6. The van der Waals surface area contributed by atoms with E-state index in [0.717, 1.165) is 6.42 Å². The molecule has 0 atom stereocenters. The molecular weight excluding hydrogens is 491 g/mol. The van der Waals surface area contributed by atoms with E-state index in [2.05, 4.69) is 122 Å². The fourth-order valence-corrected chi connectivity index (χ4v) is 6.04. The predicted octanol–water partition coefficient (Wildman–Crippen LogP) is 9.07. The lowest BCUT2D eigenvalue weighted by Gasteiger charge is -2.36. The molecule has 0 aliphatic heterocycles. The van der Waals surface area contributed by atoms with Crippen molar-refractivity contribution in [3.63, 3.8) is 0 Å². The van der Waals surface area contributed by atoms with Crippen LogP contribution in [0.25, 0.3) is 0 Å². The molecule has 3 heteroatoms. The summed E-state index contributed by atoms with van der Waals surface area (Å²) in [5.74, 6) is 0. The van der Waals surface area contributed by atoms with E-state index in [4.69, 9.17) is 0 Å². The van der Waals surface area contributed by atoms with Gasteiger partial charge in [-0.25, -0.2) is 0 Å². The lowest BCUT2D eigenvalue weighted by atomic mass is 9.66. The van der Waals surface area contributed by atoms with Crippen LogP contribution in [0.4, 0.5) is 0 Å². The summed E-state index contributed by atoms with van der Waals surface area (Å²) in [7, 11) is 0. The monoisotopic (exact) mass is 516 g/mol. The Labute approximate surface area is 187 Å². The van der Waals surface area contributed by atoms with Gasteiger partial charge in [-0.2, -0.15) is 0 Å². The Bertz CT molecular complexity index is 707. The SMILES string of the molecule is BrP(Br)CCCCCCC(c1ccccc1)(c1ccccc1)c1ccccc1. The second-order valence-corrected chi connectivity index (χ2v) is 16.2. The zero-order chi connectivity index (χ0) is 19.7. The number of hydrogen-bond donors (Lipinski definition) is 0. The molecule has 0 aliphatic rings. The number of benzene rings is 3. The van der Waals surface area contributed by atoms with Crippen LogP contribution in [-0.4, -0.2) is 6.16 Å². The summed E-state index contributed by atoms with van der Waals surface area (Å²) in [6.45, 7) is 0. The third-order valence-corrected chi connectivity index (χ3v) is 8.21. The normalized spacial score (nSPS) is 11.7. The van der Waals surface area contributed by atoms with Crippen LogP contribution in [-0.2, 0) is 5.41 Å². The van der Waals surface area contributed by atoms with E-state index in [1.54, 1.807) is 0 Å². The first-order chi connectivity index (χ1) is 13.7. The van der Waals surface area contributed by atoms with E-state index in [1.807, 2.05) is 0 Å². The molecule has 0 aromatic heterocycles. The minimum Gasteiger partial charge on any atom is -0.0622 e. The van der Waals surface area contributed by atoms with Crippen molar-refractivity contribution in [3.8, 4) is 0 Å². The molecule has 0 bridgehead atoms. The van der Waals surface area contributed by atoms with Crippen molar-refractivity contribution in [1.29, 1.82) is 0 Å². The van der Waals surface area contributed by atoms with E-state index in [1.165, 1.54) is 48.5 Å². The van der Waals surface area contributed by atoms with Gasteiger partial charge < -0.3 is 0 Å². The number of unbranched alkanes of at least 4 members (excludes halogenated alkanes) is 3. The predicted molar refractivity (Wildman–Crippen MR) is 132 cm³/mol. The molecule has 0 spiro atoms. The Hall–Kier alpha value is -0.950. The number of rotatable bonds is 10. The lowest BCUT2D eigenvalue weighted by Crippen LogP contribution is -2.29. The van der Waals surface area contributed by atoms with Crippen molar-refractivity contribution in [1.82, 2.24) is 0 Å². The Kier molecular flexibility index (Phi) is 8.77. The van der Waals surface area contributed by atoms with Crippen molar-refractivity contribution in [2.75, 3.05) is 6.16 Å². The maximum absolute atomic E-state index is 3.65. The molecule has 0 N–H and O–H groups in total. The minimum absolute atomic E-state index is 0.0960. The minimum atomic E-state index is -0.127. The number of halogens is 2. The first-order valence-electron chi connectivity index (χ1n) is 9.99. The molecular formula is C25H27Br2P. The lowest BCUT2D eigenvalue weighted by molar-refractivity contribution is 0.507. The van der Waals surface area contributed by atoms with Gasteiger partial charge in [-0.1, -0.05) is 110 Å². The van der Waals surface area contributed by atoms with E-state index >= 15 is 0 Å². The third kappa shape index (κ3) is 5.56. The molecule has 146 valence electrons. The van der Waals surface area contributed by atoms with E-state index in [0.29, 0.717) is 0 Å². The van der Waals surface area contributed by atoms with E-state index < -0.39 is 0 Å². The van der Waals surface area contributed by atoms with Crippen LogP contribution >= 0.6 is 36.3 Å². The Morgan fingerprint density at radius 1 is 0.536 bits per heavy atom. The molecule has 3 aromatic rings. The van der Waals surface area contributed by atoms with Crippen LogP contribution in [0.5, 0.6) is 0 Å². The second-order valence-electron chi connectivity index (χ2n) is 7.19. The van der Waals surface area contributed by atoms with Gasteiger partial charge in [-0.3, -0.25) is 0 Å². The standard InChI is InChI=1S/C25H27Br2P/c26-28(27)21-13-2-1-12-20-25(22-14-6-3-7-15-22,23-16-8-4-9-17-23)24-18-10-5-11-19-24/h3-11,14-19H,1-2,12-13,20-21H2. The van der Waals surface area contributed by atoms with E-state index in [9.17, 15) is 0 Å². The molecule has 0 saturated carbocycles. The van der Waals surface area contributed by atoms with Crippen molar-refractivity contribution in [2.24, 2.45) is 0 Å². The highest BCUT2D eigenvalue weighted by atomic mass is 79.9. The quantitative estimate of drug-likeness (QED) is 0.143. The van der Waals surface area contributed by atoms with Gasteiger partial charge in [-0.05, 0) is 66.7 Å². The van der Waals surface area contributed by atoms with Crippen LogP contribution in [0.1, 0.15) is 48.8 Å². The molecule has 0 radical (unpaired) electrons. The molecule has 0 aliphatic carbocycles. The van der Waals surface area contributed by atoms with Crippen molar-refractivity contribution < 1.29 is 0 Å². The van der Waals surface area contributed by atoms with Gasteiger partial charge >= 0.3 is 0 Å². The van der Waals surface area contributed by atoms with Crippen LogP contribution in [0.15, 0.2) is 91.0 Å². The molecule has 0 saturated heterocycles. The number of hydrogen-bond acceptors (Lipinski definition) is 0. The molecule has 3 rings (SSSR count). The Morgan fingerprint density at radius 3 is 1.32 bits per heavy atom. The topological polar surface area (TPSA) is 0 Å². The maximum atomic E-state index is 3.65.